The van der Waals surface area contributed by atoms with Crippen molar-refractivity contribution in [3.63, 3.8) is 0 Å². The second-order valence-corrected chi connectivity index (χ2v) is 8.88. The molecule has 0 saturated carbocycles. The van der Waals surface area contributed by atoms with Crippen molar-refractivity contribution in [2.24, 2.45) is 0 Å². The van der Waals surface area contributed by atoms with Gasteiger partial charge in [0.2, 0.25) is 5.95 Å². The number of H-pyrrole nitrogens is 1. The van der Waals surface area contributed by atoms with Crippen LogP contribution in [0, 0.1) is 0 Å². The minimum atomic E-state index is -3.24. The van der Waals surface area contributed by atoms with Crippen LogP contribution in [0.4, 0.5) is 5.95 Å². The summed E-state index contributed by atoms with van der Waals surface area (Å²) < 4.78 is 30.6. The van der Waals surface area contributed by atoms with Crippen molar-refractivity contribution < 1.29 is 13.2 Å². The van der Waals surface area contributed by atoms with E-state index in [0.29, 0.717) is 24.5 Å². The molecule has 0 radical (unpaired) electrons. The smallest absolute Gasteiger partial charge is 0.204 e. The lowest BCUT2D eigenvalue weighted by molar-refractivity contribution is 0.0393. The summed E-state index contributed by atoms with van der Waals surface area (Å²) in [5.74, 6) is 0.904. The molecule has 0 bridgehead atoms. The third-order valence-electron chi connectivity index (χ3n) is 4.81. The molecule has 0 amide bonds. The number of fused-ring (bicyclic) bond motifs is 1. The van der Waals surface area contributed by atoms with Gasteiger partial charge in [0, 0.05) is 6.54 Å². The molecule has 3 aromatic rings. The molecule has 1 aromatic heterocycles. The Bertz CT molecular complexity index is 1030. The Kier molecular flexibility index (Phi) is 4.88. The number of aromatic nitrogens is 2. The van der Waals surface area contributed by atoms with Crippen LogP contribution in [0.2, 0.25) is 0 Å². The number of nitrogens with zero attached hydrogens (tertiary/aromatic N) is 2. The van der Waals surface area contributed by atoms with Gasteiger partial charge in [-0.2, -0.15) is 0 Å². The van der Waals surface area contributed by atoms with Crippen LogP contribution in [0.3, 0.4) is 0 Å². The highest BCUT2D eigenvalue weighted by molar-refractivity contribution is 7.91. The van der Waals surface area contributed by atoms with E-state index in [0.717, 1.165) is 29.1 Å². The molecule has 1 atom stereocenters. The molecule has 142 valence electrons. The van der Waals surface area contributed by atoms with Gasteiger partial charge in [0.05, 0.1) is 34.8 Å². The second kappa shape index (κ2) is 7.32. The Morgan fingerprint density at radius 1 is 1.22 bits per heavy atom. The van der Waals surface area contributed by atoms with E-state index in [4.69, 9.17) is 4.74 Å². The quantitative estimate of drug-likeness (QED) is 0.729. The molecule has 1 fully saturated rings. The lowest BCUT2D eigenvalue weighted by Crippen LogP contribution is -2.39. The molecule has 27 heavy (non-hydrogen) atoms. The summed E-state index contributed by atoms with van der Waals surface area (Å²) in [6.45, 7) is 3.92. The van der Waals surface area contributed by atoms with Crippen molar-refractivity contribution in [2.75, 3.05) is 30.3 Å². The van der Waals surface area contributed by atoms with Gasteiger partial charge < -0.3 is 14.6 Å². The van der Waals surface area contributed by atoms with E-state index in [1.165, 1.54) is 0 Å². The number of hydrogen-bond acceptors (Lipinski definition) is 5. The zero-order chi connectivity index (χ0) is 18.9. The third kappa shape index (κ3) is 3.70. The van der Waals surface area contributed by atoms with Crippen molar-refractivity contribution >= 4 is 26.8 Å². The van der Waals surface area contributed by atoms with Crippen LogP contribution in [0.5, 0.6) is 0 Å². The van der Waals surface area contributed by atoms with Crippen LogP contribution in [0.25, 0.3) is 11.0 Å². The minimum Gasteiger partial charge on any atom is -0.370 e. The monoisotopic (exact) mass is 385 g/mol. The first-order chi connectivity index (χ1) is 13.1. The summed E-state index contributed by atoms with van der Waals surface area (Å²) in [7, 11) is -3.24. The van der Waals surface area contributed by atoms with Gasteiger partial charge in [-0.1, -0.05) is 37.3 Å². The van der Waals surface area contributed by atoms with Crippen molar-refractivity contribution in [1.29, 1.82) is 0 Å². The van der Waals surface area contributed by atoms with Crippen molar-refractivity contribution in [3.8, 4) is 0 Å². The van der Waals surface area contributed by atoms with Gasteiger partial charge >= 0.3 is 0 Å². The fourth-order valence-corrected chi connectivity index (χ4v) is 4.76. The fraction of sp³-hybridized carbons (Fsp3) is 0.350. The molecular weight excluding hydrogens is 362 g/mol. The van der Waals surface area contributed by atoms with Crippen molar-refractivity contribution in [3.05, 3.63) is 54.1 Å². The molecule has 1 aliphatic heterocycles. The van der Waals surface area contributed by atoms with E-state index in [1.807, 2.05) is 25.1 Å². The fourth-order valence-electron chi connectivity index (χ4n) is 3.42. The Hall–Kier alpha value is -2.38. The highest BCUT2D eigenvalue weighted by atomic mass is 32.2. The molecule has 2 aromatic carbocycles. The first-order valence-corrected chi connectivity index (χ1v) is 10.9. The maximum atomic E-state index is 12.3. The number of imidazole rings is 1. The van der Waals surface area contributed by atoms with Crippen LogP contribution in [0.1, 0.15) is 25.0 Å². The summed E-state index contributed by atoms with van der Waals surface area (Å²) in [4.78, 5) is 10.4. The second-order valence-electron chi connectivity index (χ2n) is 6.77. The predicted molar refractivity (Wildman–Crippen MR) is 106 cm³/mol. The standard InChI is InChI=1S/C20H23N3O3S/c1-2-12-27(24,25)16-8-9-17-18(13-16)22-20(21-17)23-10-11-26-19(14-23)15-6-4-3-5-7-15/h3-9,13,19H,2,10-12,14H2,1H3,(H,21,22). The van der Waals surface area contributed by atoms with Gasteiger partial charge in [-0.05, 0) is 30.2 Å². The SMILES string of the molecule is CCCS(=O)(=O)c1ccc2nc(N3CCOC(c4ccccc4)C3)[nH]c2c1. The van der Waals surface area contributed by atoms with Crippen molar-refractivity contribution in [1.82, 2.24) is 9.97 Å². The summed E-state index contributed by atoms with van der Waals surface area (Å²) >= 11 is 0. The molecule has 1 aliphatic rings. The molecule has 1 unspecified atom stereocenters. The normalized spacial score (nSPS) is 18.1. The summed E-state index contributed by atoms with van der Waals surface area (Å²) in [5.41, 5.74) is 2.65. The summed E-state index contributed by atoms with van der Waals surface area (Å²) in [5, 5.41) is 0. The number of morpholine rings is 1. The number of rotatable bonds is 5. The van der Waals surface area contributed by atoms with Gasteiger partial charge in [-0.3, -0.25) is 0 Å². The van der Waals surface area contributed by atoms with E-state index in [2.05, 4.69) is 27.0 Å². The van der Waals surface area contributed by atoms with Gasteiger partial charge in [-0.25, -0.2) is 13.4 Å². The van der Waals surface area contributed by atoms with Gasteiger partial charge in [0.1, 0.15) is 6.10 Å². The Labute approximate surface area is 159 Å². The maximum Gasteiger partial charge on any atom is 0.204 e. The number of anilines is 1. The van der Waals surface area contributed by atoms with Crippen LogP contribution in [-0.2, 0) is 14.6 Å². The highest BCUT2D eigenvalue weighted by Gasteiger charge is 2.24. The highest BCUT2D eigenvalue weighted by Crippen LogP contribution is 2.27. The Morgan fingerprint density at radius 2 is 2.04 bits per heavy atom. The molecule has 6 nitrogen and oxygen atoms in total. The number of benzene rings is 2. The topological polar surface area (TPSA) is 75.3 Å². The summed E-state index contributed by atoms with van der Waals surface area (Å²) in [6, 6.07) is 15.3. The van der Waals surface area contributed by atoms with E-state index >= 15 is 0 Å². The van der Waals surface area contributed by atoms with E-state index in [-0.39, 0.29) is 11.9 Å². The first kappa shape index (κ1) is 18.0. The number of sulfone groups is 1. The number of nitrogens with one attached hydrogen (secondary N) is 1. The van der Waals surface area contributed by atoms with Gasteiger partial charge in [0.25, 0.3) is 0 Å². The van der Waals surface area contributed by atoms with Crippen LogP contribution in [-0.4, -0.2) is 43.8 Å². The number of hydrogen-bond donors (Lipinski definition) is 1. The minimum absolute atomic E-state index is 0.00587. The molecule has 0 spiro atoms. The molecule has 4 rings (SSSR count). The molecule has 1 saturated heterocycles. The van der Waals surface area contributed by atoms with Crippen LogP contribution in [0.15, 0.2) is 53.4 Å². The molecule has 1 N–H and O–H groups in total. The lowest BCUT2D eigenvalue weighted by atomic mass is 10.1. The molecule has 2 heterocycles. The first-order valence-electron chi connectivity index (χ1n) is 9.21. The zero-order valence-corrected chi connectivity index (χ0v) is 16.1. The van der Waals surface area contributed by atoms with Crippen LogP contribution >= 0.6 is 0 Å². The van der Waals surface area contributed by atoms with E-state index in [9.17, 15) is 8.42 Å². The largest absolute Gasteiger partial charge is 0.370 e. The number of ether oxygens (including phenoxy) is 1. The molecule has 7 heteroatoms. The maximum absolute atomic E-state index is 12.3. The van der Waals surface area contributed by atoms with E-state index < -0.39 is 9.84 Å². The van der Waals surface area contributed by atoms with Gasteiger partial charge in [0.15, 0.2) is 9.84 Å². The predicted octanol–water partition coefficient (Wildman–Crippen LogP) is 3.32. The van der Waals surface area contributed by atoms with E-state index in [1.54, 1.807) is 18.2 Å². The Balaban J connectivity index is 1.60. The zero-order valence-electron chi connectivity index (χ0n) is 15.3. The van der Waals surface area contributed by atoms with Gasteiger partial charge in [-0.15, -0.1) is 0 Å². The lowest BCUT2D eigenvalue weighted by Gasteiger charge is -2.32. The van der Waals surface area contributed by atoms with Crippen LogP contribution < -0.4 is 4.90 Å². The number of aromatic amines is 1. The Morgan fingerprint density at radius 3 is 2.81 bits per heavy atom. The average Bonchev–Trinajstić information content (AvgIpc) is 3.12. The molecular formula is C20H23N3O3S. The summed E-state index contributed by atoms with van der Waals surface area (Å²) in [6.07, 6.45) is 0.595. The molecule has 0 aliphatic carbocycles. The average molecular weight is 385 g/mol. The third-order valence-corrected chi connectivity index (χ3v) is 6.73. The van der Waals surface area contributed by atoms with Crippen molar-refractivity contribution in [2.45, 2.75) is 24.3 Å².